The van der Waals surface area contributed by atoms with Gasteiger partial charge in [0.1, 0.15) is 11.6 Å². The fourth-order valence-corrected chi connectivity index (χ4v) is 3.69. The number of rotatable bonds is 12. The molecular formula is C28H35BF2N2. The van der Waals surface area contributed by atoms with Crippen LogP contribution in [-0.4, -0.2) is 17.4 Å². The number of nitrogens with zero attached hydrogens (tertiary/aromatic N) is 2. The van der Waals surface area contributed by atoms with Gasteiger partial charge in [0.2, 0.25) is 0 Å². The minimum Gasteiger partial charge on any atom is -0.337 e. The summed E-state index contributed by atoms with van der Waals surface area (Å²) in [5, 5.41) is 0. The Morgan fingerprint density at radius 2 is 1.39 bits per heavy atom. The largest absolute Gasteiger partial charge is 0.337 e. The number of halogens is 2. The van der Waals surface area contributed by atoms with Crippen molar-refractivity contribution in [3.63, 3.8) is 0 Å². The Bertz CT molecular complexity index is 891. The summed E-state index contributed by atoms with van der Waals surface area (Å²) in [5.41, 5.74) is 1.19. The van der Waals surface area contributed by atoms with Crippen LogP contribution in [-0.2, 0) is 6.54 Å². The first-order valence-electron chi connectivity index (χ1n) is 12.0. The third-order valence-electron chi connectivity index (χ3n) is 5.48. The van der Waals surface area contributed by atoms with Gasteiger partial charge in [-0.15, -0.1) is 0 Å². The van der Waals surface area contributed by atoms with Crippen molar-refractivity contribution >= 4 is 13.4 Å². The quantitative estimate of drug-likeness (QED) is 0.203. The van der Waals surface area contributed by atoms with Crippen LogP contribution in [0.3, 0.4) is 0 Å². The van der Waals surface area contributed by atoms with Gasteiger partial charge in [-0.1, -0.05) is 101 Å². The van der Waals surface area contributed by atoms with Crippen LogP contribution in [0, 0.1) is 11.6 Å². The fraction of sp³-hybridized carbons (Fsp3) is 0.393. The Labute approximate surface area is 199 Å². The molecule has 2 aromatic carbocycles. The van der Waals surface area contributed by atoms with E-state index in [1.54, 1.807) is 42.5 Å². The average Bonchev–Trinajstić information content (AvgIpc) is 3.35. The van der Waals surface area contributed by atoms with Gasteiger partial charge in [0.15, 0.2) is 0 Å². The van der Waals surface area contributed by atoms with Crippen LogP contribution < -0.4 is 0 Å². The van der Waals surface area contributed by atoms with Crippen molar-refractivity contribution < 1.29 is 8.78 Å². The lowest BCUT2D eigenvalue weighted by Crippen LogP contribution is -1.95. The van der Waals surface area contributed by atoms with E-state index in [0.717, 1.165) is 6.54 Å². The number of hydrogen-bond acceptors (Lipinski definition) is 1. The van der Waals surface area contributed by atoms with E-state index in [4.69, 9.17) is 7.85 Å². The standard InChI is InChI=1S/C15H11BF2.C13H24N2/c16-10-9-11(12-5-1-3-7-14(12)17)13-6-2-4-8-15(13)18;1-2-3-4-5-6-7-8-9-11-15-12-10-14-13-15/h1-9H,10H2;10,12-13H,2-9,11H2,1H3. The van der Waals surface area contributed by atoms with Gasteiger partial charge in [-0.25, -0.2) is 13.8 Å². The fourth-order valence-electron chi connectivity index (χ4n) is 3.69. The highest BCUT2D eigenvalue weighted by molar-refractivity contribution is 6.10. The van der Waals surface area contributed by atoms with Gasteiger partial charge in [0.05, 0.1) is 14.2 Å². The molecule has 0 saturated heterocycles. The molecule has 0 amide bonds. The van der Waals surface area contributed by atoms with E-state index in [1.807, 2.05) is 18.7 Å². The maximum absolute atomic E-state index is 13.8. The number of aromatic nitrogens is 2. The molecule has 0 atom stereocenters. The summed E-state index contributed by atoms with van der Waals surface area (Å²) in [6.07, 6.45) is 18.7. The summed E-state index contributed by atoms with van der Waals surface area (Å²) < 4.78 is 29.7. The summed E-state index contributed by atoms with van der Waals surface area (Å²) >= 11 is 0. The Balaban J connectivity index is 0.000000238. The van der Waals surface area contributed by atoms with E-state index < -0.39 is 0 Å². The van der Waals surface area contributed by atoms with Crippen molar-refractivity contribution in [3.8, 4) is 0 Å². The van der Waals surface area contributed by atoms with Gasteiger partial charge in [-0.05, 0) is 24.1 Å². The lowest BCUT2D eigenvalue weighted by molar-refractivity contribution is 0.543. The van der Waals surface area contributed by atoms with E-state index >= 15 is 0 Å². The van der Waals surface area contributed by atoms with Crippen LogP contribution in [0.4, 0.5) is 8.78 Å². The van der Waals surface area contributed by atoms with Crippen LogP contribution in [0.5, 0.6) is 0 Å². The molecule has 1 aromatic heterocycles. The van der Waals surface area contributed by atoms with Crippen molar-refractivity contribution in [1.29, 1.82) is 0 Å². The summed E-state index contributed by atoms with van der Waals surface area (Å²) in [7, 11) is 5.48. The van der Waals surface area contributed by atoms with Crippen molar-refractivity contribution in [3.05, 3.63) is 96.1 Å². The molecule has 3 rings (SSSR count). The second-order valence-electron chi connectivity index (χ2n) is 8.09. The Kier molecular flexibility index (Phi) is 12.9. The maximum atomic E-state index is 13.8. The van der Waals surface area contributed by atoms with Crippen LogP contribution in [0.25, 0.3) is 5.57 Å². The van der Waals surface area contributed by atoms with Gasteiger partial charge < -0.3 is 4.57 Å². The summed E-state index contributed by atoms with van der Waals surface area (Å²) in [6, 6.07) is 12.5. The number of aryl methyl sites for hydroxylation is 1. The van der Waals surface area contributed by atoms with Gasteiger partial charge in [-0.3, -0.25) is 0 Å². The third-order valence-corrected chi connectivity index (χ3v) is 5.48. The van der Waals surface area contributed by atoms with E-state index in [-0.39, 0.29) is 18.0 Å². The highest BCUT2D eigenvalue weighted by atomic mass is 19.1. The van der Waals surface area contributed by atoms with Crippen molar-refractivity contribution in [2.75, 3.05) is 0 Å². The van der Waals surface area contributed by atoms with Crippen LogP contribution in [0.1, 0.15) is 69.4 Å². The molecular weight excluding hydrogens is 413 g/mol. The molecule has 0 saturated carbocycles. The normalized spacial score (nSPS) is 10.4. The molecule has 0 aliphatic rings. The summed E-state index contributed by atoms with van der Waals surface area (Å²) in [5.74, 6) is -0.777. The molecule has 0 bridgehead atoms. The SMILES string of the molecule is CCCCCCCCCCn1ccnc1.[B]CC=C(c1ccccc1F)c1ccccc1F. The molecule has 0 spiro atoms. The van der Waals surface area contributed by atoms with Crippen molar-refractivity contribution in [2.24, 2.45) is 0 Å². The summed E-state index contributed by atoms with van der Waals surface area (Å²) in [6.45, 7) is 3.40. The predicted octanol–water partition coefficient (Wildman–Crippen LogP) is 8.01. The maximum Gasteiger partial charge on any atom is 0.131 e. The number of allylic oxidation sites excluding steroid dienone is 1. The molecule has 2 nitrogen and oxygen atoms in total. The smallest absolute Gasteiger partial charge is 0.131 e. The first kappa shape index (κ1) is 26.6. The zero-order chi connectivity index (χ0) is 23.7. The molecule has 0 unspecified atom stereocenters. The Morgan fingerprint density at radius 1 is 0.848 bits per heavy atom. The second kappa shape index (κ2) is 16.0. The molecule has 174 valence electrons. The van der Waals surface area contributed by atoms with Gasteiger partial charge in [0.25, 0.3) is 0 Å². The van der Waals surface area contributed by atoms with E-state index in [1.165, 1.54) is 63.5 Å². The lowest BCUT2D eigenvalue weighted by atomic mass is 9.92. The van der Waals surface area contributed by atoms with E-state index in [9.17, 15) is 8.78 Å². The highest BCUT2D eigenvalue weighted by Crippen LogP contribution is 2.27. The molecule has 1 heterocycles. The molecule has 0 aliphatic heterocycles. The van der Waals surface area contributed by atoms with E-state index in [2.05, 4.69) is 16.5 Å². The van der Waals surface area contributed by atoms with Crippen LogP contribution in [0.2, 0.25) is 6.32 Å². The zero-order valence-corrected chi connectivity index (χ0v) is 19.7. The van der Waals surface area contributed by atoms with Crippen LogP contribution in [0.15, 0.2) is 73.3 Å². The van der Waals surface area contributed by atoms with Crippen molar-refractivity contribution in [2.45, 2.75) is 71.2 Å². The third kappa shape index (κ3) is 9.77. The van der Waals surface area contributed by atoms with Gasteiger partial charge in [-0.2, -0.15) is 0 Å². The molecule has 33 heavy (non-hydrogen) atoms. The van der Waals surface area contributed by atoms with Crippen LogP contribution >= 0.6 is 0 Å². The topological polar surface area (TPSA) is 17.8 Å². The predicted molar refractivity (Wildman–Crippen MR) is 135 cm³/mol. The van der Waals surface area contributed by atoms with Gasteiger partial charge >= 0.3 is 0 Å². The Hall–Kier alpha value is -2.69. The minimum absolute atomic E-state index is 0.220. The molecule has 0 aliphatic carbocycles. The highest BCUT2D eigenvalue weighted by Gasteiger charge is 2.12. The molecule has 2 radical (unpaired) electrons. The number of unbranched alkanes of at least 4 members (excludes halogenated alkanes) is 7. The minimum atomic E-state index is -0.388. The zero-order valence-electron chi connectivity index (χ0n) is 19.7. The average molecular weight is 448 g/mol. The molecule has 0 N–H and O–H groups in total. The Morgan fingerprint density at radius 3 is 1.88 bits per heavy atom. The second-order valence-corrected chi connectivity index (χ2v) is 8.09. The summed E-state index contributed by atoms with van der Waals surface area (Å²) in [4.78, 5) is 4.03. The first-order chi connectivity index (χ1) is 16.2. The van der Waals surface area contributed by atoms with Crippen molar-refractivity contribution in [1.82, 2.24) is 9.55 Å². The van der Waals surface area contributed by atoms with Gasteiger partial charge in [0, 0.05) is 30.1 Å². The number of benzene rings is 2. The van der Waals surface area contributed by atoms with E-state index in [0.29, 0.717) is 16.7 Å². The number of imidazole rings is 1. The monoisotopic (exact) mass is 448 g/mol. The molecule has 5 heteroatoms. The first-order valence-corrected chi connectivity index (χ1v) is 12.0. The molecule has 0 fully saturated rings. The molecule has 3 aromatic rings. The number of hydrogen-bond donors (Lipinski definition) is 0. The lowest BCUT2D eigenvalue weighted by Gasteiger charge is -2.10.